The molecule has 3 fully saturated rings. The minimum Gasteiger partial charge on any atom is -0.341 e. The van der Waals surface area contributed by atoms with Gasteiger partial charge in [0.15, 0.2) is 0 Å². The second-order valence-electron chi connectivity index (χ2n) is 7.62. The predicted octanol–water partition coefficient (Wildman–Crippen LogP) is 1.25. The third-order valence-corrected chi connectivity index (χ3v) is 5.91. The van der Waals surface area contributed by atoms with Crippen molar-refractivity contribution in [1.82, 2.24) is 15.1 Å². The SMILES string of the molecule is CC(N)C1CCCN(C(=O)C(C)N2C(=O)NC3(CCCC3)C2=O)C1.Cl. The summed E-state index contributed by atoms with van der Waals surface area (Å²) in [6, 6.07) is -1.15. The first kappa shape index (κ1) is 20.0. The van der Waals surface area contributed by atoms with Gasteiger partial charge in [-0.05, 0) is 45.4 Å². The lowest BCUT2D eigenvalue weighted by atomic mass is 9.92. The van der Waals surface area contributed by atoms with Gasteiger partial charge < -0.3 is 16.0 Å². The molecule has 1 saturated carbocycles. The highest BCUT2D eigenvalue weighted by Crippen LogP contribution is 2.36. The van der Waals surface area contributed by atoms with E-state index in [0.717, 1.165) is 30.6 Å². The number of amides is 4. The largest absolute Gasteiger partial charge is 0.341 e. The molecule has 2 heterocycles. The Hall–Kier alpha value is -1.34. The topological polar surface area (TPSA) is 95.7 Å². The van der Waals surface area contributed by atoms with Crippen LogP contribution < -0.4 is 11.1 Å². The van der Waals surface area contributed by atoms with Crippen molar-refractivity contribution >= 4 is 30.3 Å². The van der Waals surface area contributed by atoms with E-state index >= 15 is 0 Å². The highest BCUT2D eigenvalue weighted by Gasteiger charge is 2.54. The minimum absolute atomic E-state index is 0. The highest BCUT2D eigenvalue weighted by atomic mass is 35.5. The van der Waals surface area contributed by atoms with Crippen LogP contribution in [0.1, 0.15) is 52.4 Å². The summed E-state index contributed by atoms with van der Waals surface area (Å²) in [5.41, 5.74) is 5.22. The monoisotopic (exact) mass is 372 g/mol. The number of carbonyl (C=O) groups excluding carboxylic acids is 3. The maximum atomic E-state index is 12.9. The van der Waals surface area contributed by atoms with Crippen LogP contribution in [0.2, 0.25) is 0 Å². The molecule has 3 unspecified atom stereocenters. The zero-order valence-electron chi connectivity index (χ0n) is 15.0. The van der Waals surface area contributed by atoms with E-state index in [-0.39, 0.29) is 36.2 Å². The van der Waals surface area contributed by atoms with Crippen molar-refractivity contribution in [1.29, 1.82) is 0 Å². The zero-order valence-corrected chi connectivity index (χ0v) is 15.8. The lowest BCUT2D eigenvalue weighted by Crippen LogP contribution is -2.54. The van der Waals surface area contributed by atoms with Gasteiger partial charge >= 0.3 is 6.03 Å². The maximum absolute atomic E-state index is 12.9. The van der Waals surface area contributed by atoms with E-state index in [1.807, 2.05) is 6.92 Å². The lowest BCUT2D eigenvalue weighted by molar-refractivity contribution is -0.144. The van der Waals surface area contributed by atoms with Crippen molar-refractivity contribution < 1.29 is 14.4 Å². The molecule has 3 rings (SSSR count). The Morgan fingerprint density at radius 3 is 2.48 bits per heavy atom. The average Bonchev–Trinajstić information content (AvgIpc) is 3.12. The third kappa shape index (κ3) is 3.49. The summed E-state index contributed by atoms with van der Waals surface area (Å²) in [7, 11) is 0. The number of nitrogens with two attached hydrogens (primary N) is 1. The number of likely N-dealkylation sites (tertiary alicyclic amines) is 1. The van der Waals surface area contributed by atoms with Crippen LogP contribution in [-0.2, 0) is 9.59 Å². The number of piperidine rings is 1. The zero-order chi connectivity index (χ0) is 17.5. The van der Waals surface area contributed by atoms with Crippen LogP contribution in [0.4, 0.5) is 4.79 Å². The Balaban J connectivity index is 0.00000225. The van der Waals surface area contributed by atoms with Gasteiger partial charge in [-0.15, -0.1) is 12.4 Å². The van der Waals surface area contributed by atoms with Gasteiger partial charge in [-0.2, -0.15) is 0 Å². The van der Waals surface area contributed by atoms with Crippen molar-refractivity contribution in [2.24, 2.45) is 11.7 Å². The van der Waals surface area contributed by atoms with E-state index in [0.29, 0.717) is 25.9 Å². The van der Waals surface area contributed by atoms with Crippen LogP contribution in [0.3, 0.4) is 0 Å². The van der Waals surface area contributed by atoms with E-state index in [4.69, 9.17) is 5.73 Å². The van der Waals surface area contributed by atoms with Crippen molar-refractivity contribution in [2.45, 2.75) is 70.0 Å². The van der Waals surface area contributed by atoms with E-state index in [1.165, 1.54) is 0 Å². The number of hydrogen-bond donors (Lipinski definition) is 2. The number of imide groups is 1. The molecular weight excluding hydrogens is 344 g/mol. The first-order valence-electron chi connectivity index (χ1n) is 9.06. The Morgan fingerprint density at radius 2 is 1.88 bits per heavy atom. The fourth-order valence-electron chi connectivity index (χ4n) is 4.32. The summed E-state index contributed by atoms with van der Waals surface area (Å²) in [4.78, 5) is 40.9. The number of nitrogens with one attached hydrogen (secondary N) is 1. The molecule has 4 amide bonds. The Kier molecular flexibility index (Phi) is 5.99. The molecule has 142 valence electrons. The van der Waals surface area contributed by atoms with Gasteiger partial charge in [0.1, 0.15) is 11.6 Å². The standard InChI is InChI=1S/C17H28N4O3.ClH/c1-11(18)13-6-5-9-20(10-13)14(22)12(2)21-15(23)17(19-16(21)24)7-3-4-8-17;/h11-13H,3-10,18H2,1-2H3,(H,19,24);1H. The number of nitrogens with zero attached hydrogens (tertiary/aromatic N) is 2. The second-order valence-corrected chi connectivity index (χ2v) is 7.62. The first-order valence-corrected chi connectivity index (χ1v) is 9.06. The summed E-state index contributed by atoms with van der Waals surface area (Å²) in [6.07, 6.45) is 5.14. The molecular formula is C17H29ClN4O3. The number of rotatable bonds is 3. The molecule has 2 saturated heterocycles. The molecule has 0 bridgehead atoms. The van der Waals surface area contributed by atoms with Crippen molar-refractivity contribution in [3.05, 3.63) is 0 Å². The number of urea groups is 1. The van der Waals surface area contributed by atoms with Gasteiger partial charge in [-0.1, -0.05) is 12.8 Å². The molecule has 8 heteroatoms. The van der Waals surface area contributed by atoms with Crippen molar-refractivity contribution in [3.63, 3.8) is 0 Å². The number of carbonyl (C=O) groups is 3. The van der Waals surface area contributed by atoms with Crippen LogP contribution in [-0.4, -0.2) is 58.4 Å². The minimum atomic E-state index is -0.762. The molecule has 0 radical (unpaired) electrons. The van der Waals surface area contributed by atoms with Gasteiger partial charge in [0, 0.05) is 19.1 Å². The van der Waals surface area contributed by atoms with Crippen molar-refractivity contribution in [3.8, 4) is 0 Å². The van der Waals surface area contributed by atoms with Crippen LogP contribution in [0.15, 0.2) is 0 Å². The molecule has 1 aliphatic carbocycles. The molecule has 25 heavy (non-hydrogen) atoms. The third-order valence-electron chi connectivity index (χ3n) is 5.91. The van der Waals surface area contributed by atoms with E-state index in [9.17, 15) is 14.4 Å². The van der Waals surface area contributed by atoms with Crippen molar-refractivity contribution in [2.75, 3.05) is 13.1 Å². The molecule has 1 spiro atoms. The molecule has 0 aromatic carbocycles. The van der Waals surface area contributed by atoms with Crippen LogP contribution >= 0.6 is 12.4 Å². The van der Waals surface area contributed by atoms with E-state index in [2.05, 4.69) is 5.32 Å². The lowest BCUT2D eigenvalue weighted by Gasteiger charge is -2.37. The molecule has 3 aliphatic rings. The van der Waals surface area contributed by atoms with E-state index in [1.54, 1.807) is 11.8 Å². The predicted molar refractivity (Wildman–Crippen MR) is 96.2 cm³/mol. The fraction of sp³-hybridized carbons (Fsp3) is 0.824. The molecule has 2 aliphatic heterocycles. The van der Waals surface area contributed by atoms with Crippen LogP contribution in [0.25, 0.3) is 0 Å². The molecule has 0 aromatic rings. The normalized spacial score (nSPS) is 27.9. The Morgan fingerprint density at radius 1 is 1.24 bits per heavy atom. The fourth-order valence-corrected chi connectivity index (χ4v) is 4.32. The highest BCUT2D eigenvalue weighted by molar-refractivity contribution is 6.09. The summed E-state index contributed by atoms with van der Waals surface area (Å²) >= 11 is 0. The smallest absolute Gasteiger partial charge is 0.325 e. The summed E-state index contributed by atoms with van der Waals surface area (Å²) in [5, 5.41) is 2.84. The van der Waals surface area contributed by atoms with Gasteiger partial charge in [-0.3, -0.25) is 9.59 Å². The summed E-state index contributed by atoms with van der Waals surface area (Å²) < 4.78 is 0. The number of hydrogen-bond acceptors (Lipinski definition) is 4. The number of halogens is 1. The second kappa shape index (κ2) is 7.50. The van der Waals surface area contributed by atoms with Crippen LogP contribution in [0.5, 0.6) is 0 Å². The maximum Gasteiger partial charge on any atom is 0.325 e. The van der Waals surface area contributed by atoms with Gasteiger partial charge in [0.25, 0.3) is 5.91 Å². The van der Waals surface area contributed by atoms with Crippen LogP contribution in [0, 0.1) is 5.92 Å². The summed E-state index contributed by atoms with van der Waals surface area (Å²) in [5.74, 6) is -0.107. The van der Waals surface area contributed by atoms with Gasteiger partial charge in [-0.25, -0.2) is 9.69 Å². The first-order chi connectivity index (χ1) is 11.4. The van der Waals surface area contributed by atoms with E-state index < -0.39 is 17.6 Å². The summed E-state index contributed by atoms with van der Waals surface area (Å²) in [6.45, 7) is 4.89. The molecule has 3 atom stereocenters. The quantitative estimate of drug-likeness (QED) is 0.729. The average molecular weight is 373 g/mol. The van der Waals surface area contributed by atoms with Gasteiger partial charge in [0.2, 0.25) is 5.91 Å². The molecule has 7 nitrogen and oxygen atoms in total. The Bertz CT molecular complexity index is 548. The molecule has 0 aromatic heterocycles. The van der Waals surface area contributed by atoms with Gasteiger partial charge in [0.05, 0.1) is 0 Å². The Labute approximate surface area is 155 Å². The molecule has 3 N–H and O–H groups in total.